The van der Waals surface area contributed by atoms with Crippen molar-refractivity contribution in [3.8, 4) is 11.4 Å². The first-order chi connectivity index (χ1) is 12.7. The standard InChI is InChI=1S/C20H22FN3S2/c1-3-24-19(16-12-25-18-10-13(2)8-9-15(16)18)22-23-20(24)26-11-14-6-4-5-7-17(14)21/h4-7,12-13H,3,8-11H2,1-2H3. The molecule has 3 nitrogen and oxygen atoms in total. The molecule has 0 saturated carbocycles. The molecule has 2 heterocycles. The average Bonchev–Trinajstić information content (AvgIpc) is 3.23. The van der Waals surface area contributed by atoms with Gasteiger partial charge in [0.15, 0.2) is 11.0 Å². The van der Waals surface area contributed by atoms with Gasteiger partial charge in [-0.1, -0.05) is 36.9 Å². The molecule has 6 heteroatoms. The molecule has 0 amide bonds. The first-order valence-electron chi connectivity index (χ1n) is 9.06. The van der Waals surface area contributed by atoms with E-state index in [4.69, 9.17) is 0 Å². The maximum atomic E-state index is 13.9. The Morgan fingerprint density at radius 2 is 2.15 bits per heavy atom. The number of thioether (sulfide) groups is 1. The SMILES string of the molecule is CCn1c(SCc2ccccc2F)nnc1-c1csc2c1CCC(C)C2. The quantitative estimate of drug-likeness (QED) is 0.535. The van der Waals surface area contributed by atoms with E-state index in [1.54, 1.807) is 17.8 Å². The summed E-state index contributed by atoms with van der Waals surface area (Å²) in [6.07, 6.45) is 3.55. The van der Waals surface area contributed by atoms with Gasteiger partial charge in [-0.05, 0) is 49.3 Å². The van der Waals surface area contributed by atoms with Gasteiger partial charge in [0.1, 0.15) is 5.82 Å². The maximum absolute atomic E-state index is 13.9. The fraction of sp³-hybridized carbons (Fsp3) is 0.400. The Hall–Kier alpha value is -1.66. The number of hydrogen-bond acceptors (Lipinski definition) is 4. The molecule has 136 valence electrons. The number of hydrogen-bond donors (Lipinski definition) is 0. The van der Waals surface area contributed by atoms with E-state index in [1.807, 2.05) is 23.5 Å². The van der Waals surface area contributed by atoms with Crippen LogP contribution in [0.25, 0.3) is 11.4 Å². The molecule has 26 heavy (non-hydrogen) atoms. The van der Waals surface area contributed by atoms with E-state index in [1.165, 1.54) is 34.9 Å². The molecule has 0 fully saturated rings. The Morgan fingerprint density at radius 1 is 1.31 bits per heavy atom. The van der Waals surface area contributed by atoms with Crippen LogP contribution in [0.1, 0.15) is 36.3 Å². The minimum atomic E-state index is -0.163. The van der Waals surface area contributed by atoms with Gasteiger partial charge in [0.2, 0.25) is 0 Å². The third kappa shape index (κ3) is 3.32. The Morgan fingerprint density at radius 3 is 2.96 bits per heavy atom. The second-order valence-corrected chi connectivity index (χ2v) is 8.74. The van der Waals surface area contributed by atoms with Crippen molar-refractivity contribution in [2.45, 2.75) is 50.6 Å². The van der Waals surface area contributed by atoms with Crippen LogP contribution in [0.15, 0.2) is 34.8 Å². The zero-order chi connectivity index (χ0) is 18.1. The lowest BCUT2D eigenvalue weighted by molar-refractivity contribution is 0.508. The molecule has 0 saturated heterocycles. The smallest absolute Gasteiger partial charge is 0.191 e. The second kappa shape index (κ2) is 7.53. The summed E-state index contributed by atoms with van der Waals surface area (Å²) in [5.41, 5.74) is 3.40. The summed E-state index contributed by atoms with van der Waals surface area (Å²) in [5, 5.41) is 12.0. The van der Waals surface area contributed by atoms with Gasteiger partial charge in [-0.2, -0.15) is 0 Å². The van der Waals surface area contributed by atoms with E-state index in [9.17, 15) is 4.39 Å². The van der Waals surface area contributed by atoms with Crippen LogP contribution in [0.4, 0.5) is 4.39 Å². The van der Waals surface area contributed by atoms with Crippen molar-refractivity contribution < 1.29 is 4.39 Å². The fourth-order valence-corrected chi connectivity index (χ4v) is 5.73. The van der Waals surface area contributed by atoms with Gasteiger partial charge in [0, 0.05) is 28.1 Å². The number of fused-ring (bicyclic) bond motifs is 1. The van der Waals surface area contributed by atoms with E-state index in [0.717, 1.165) is 29.9 Å². The second-order valence-electron chi connectivity index (χ2n) is 6.83. The number of aromatic nitrogens is 3. The molecule has 0 radical (unpaired) electrons. The molecular formula is C20H22FN3S2. The maximum Gasteiger partial charge on any atom is 0.191 e. The van der Waals surface area contributed by atoms with Crippen LogP contribution in [0, 0.1) is 11.7 Å². The Labute approximate surface area is 161 Å². The summed E-state index contributed by atoms with van der Waals surface area (Å²) in [6.45, 7) is 5.25. The third-order valence-electron chi connectivity index (χ3n) is 4.99. The van der Waals surface area contributed by atoms with Crippen LogP contribution in [0.5, 0.6) is 0 Å². The van der Waals surface area contributed by atoms with Gasteiger partial charge < -0.3 is 4.57 Å². The minimum absolute atomic E-state index is 0.163. The summed E-state index contributed by atoms with van der Waals surface area (Å²) in [4.78, 5) is 1.50. The third-order valence-corrected chi connectivity index (χ3v) is 7.06. The van der Waals surface area contributed by atoms with Crippen molar-refractivity contribution in [3.63, 3.8) is 0 Å². The minimum Gasteiger partial charge on any atom is -0.302 e. The van der Waals surface area contributed by atoms with Crippen LogP contribution in [-0.4, -0.2) is 14.8 Å². The zero-order valence-corrected chi connectivity index (χ0v) is 16.7. The first kappa shape index (κ1) is 17.7. The summed E-state index contributed by atoms with van der Waals surface area (Å²) in [7, 11) is 0. The molecule has 0 bridgehead atoms. The Bertz CT molecular complexity index is 916. The van der Waals surface area contributed by atoms with Gasteiger partial charge in [-0.3, -0.25) is 0 Å². The van der Waals surface area contributed by atoms with Gasteiger partial charge in [0.05, 0.1) is 0 Å². The molecule has 0 aliphatic heterocycles. The number of benzene rings is 1. The van der Waals surface area contributed by atoms with E-state index >= 15 is 0 Å². The topological polar surface area (TPSA) is 30.7 Å². The molecule has 1 aromatic carbocycles. The number of thiophene rings is 1. The number of nitrogens with zero attached hydrogens (tertiary/aromatic N) is 3. The predicted molar refractivity (Wildman–Crippen MR) is 106 cm³/mol. The highest BCUT2D eigenvalue weighted by Gasteiger charge is 2.24. The number of halogens is 1. The summed E-state index contributed by atoms with van der Waals surface area (Å²) < 4.78 is 16.0. The van der Waals surface area contributed by atoms with Crippen LogP contribution in [-0.2, 0) is 25.1 Å². The van der Waals surface area contributed by atoms with Gasteiger partial charge in [-0.15, -0.1) is 21.5 Å². The highest BCUT2D eigenvalue weighted by Crippen LogP contribution is 2.38. The van der Waals surface area contributed by atoms with Crippen molar-refractivity contribution in [2.75, 3.05) is 0 Å². The fourth-order valence-electron chi connectivity index (χ4n) is 3.50. The average molecular weight is 388 g/mol. The lowest BCUT2D eigenvalue weighted by Gasteiger charge is -2.19. The normalized spacial score (nSPS) is 16.7. The molecule has 1 aliphatic carbocycles. The Kier molecular flexibility index (Phi) is 5.14. The lowest BCUT2D eigenvalue weighted by Crippen LogP contribution is -2.10. The van der Waals surface area contributed by atoms with E-state index in [2.05, 4.69) is 34.0 Å². The van der Waals surface area contributed by atoms with Crippen molar-refractivity contribution in [1.82, 2.24) is 14.8 Å². The molecule has 0 spiro atoms. The Balaban J connectivity index is 1.61. The van der Waals surface area contributed by atoms with Gasteiger partial charge in [-0.25, -0.2) is 4.39 Å². The highest BCUT2D eigenvalue weighted by atomic mass is 32.2. The highest BCUT2D eigenvalue weighted by molar-refractivity contribution is 7.98. The summed E-state index contributed by atoms with van der Waals surface area (Å²) in [6, 6.07) is 6.92. The molecule has 1 unspecified atom stereocenters. The van der Waals surface area contributed by atoms with Crippen LogP contribution < -0.4 is 0 Å². The monoisotopic (exact) mass is 387 g/mol. The summed E-state index contributed by atoms with van der Waals surface area (Å²) in [5.74, 6) is 2.12. The molecule has 2 aromatic heterocycles. The molecule has 1 aliphatic rings. The van der Waals surface area contributed by atoms with Gasteiger partial charge in [0.25, 0.3) is 0 Å². The molecule has 4 rings (SSSR count). The zero-order valence-electron chi connectivity index (χ0n) is 15.0. The van der Waals surface area contributed by atoms with Crippen molar-refractivity contribution in [3.05, 3.63) is 51.5 Å². The molecule has 1 atom stereocenters. The molecule has 3 aromatic rings. The largest absolute Gasteiger partial charge is 0.302 e. The van der Waals surface area contributed by atoms with Crippen molar-refractivity contribution >= 4 is 23.1 Å². The summed E-state index contributed by atoms with van der Waals surface area (Å²) >= 11 is 3.40. The lowest BCUT2D eigenvalue weighted by atomic mass is 9.88. The van der Waals surface area contributed by atoms with Crippen LogP contribution >= 0.6 is 23.1 Å². The van der Waals surface area contributed by atoms with Crippen LogP contribution in [0.2, 0.25) is 0 Å². The number of rotatable bonds is 5. The predicted octanol–water partition coefficient (Wildman–Crippen LogP) is 5.58. The molecular weight excluding hydrogens is 365 g/mol. The van der Waals surface area contributed by atoms with E-state index in [0.29, 0.717) is 11.3 Å². The first-order valence-corrected chi connectivity index (χ1v) is 10.9. The van der Waals surface area contributed by atoms with Crippen molar-refractivity contribution in [1.29, 1.82) is 0 Å². The van der Waals surface area contributed by atoms with Crippen LogP contribution in [0.3, 0.4) is 0 Å². The molecule has 0 N–H and O–H groups in total. The van der Waals surface area contributed by atoms with E-state index in [-0.39, 0.29) is 5.82 Å². The van der Waals surface area contributed by atoms with Gasteiger partial charge >= 0.3 is 0 Å². The van der Waals surface area contributed by atoms with Crippen molar-refractivity contribution in [2.24, 2.45) is 5.92 Å². The van der Waals surface area contributed by atoms with E-state index < -0.39 is 0 Å².